The van der Waals surface area contributed by atoms with Gasteiger partial charge in [0.1, 0.15) is 0 Å². The molecule has 1 aliphatic heterocycles. The molecule has 0 bridgehead atoms. The highest BCUT2D eigenvalue weighted by atomic mass is 19.3. The van der Waals surface area contributed by atoms with E-state index < -0.39 is 18.6 Å². The van der Waals surface area contributed by atoms with E-state index in [-0.39, 0.29) is 12.3 Å². The summed E-state index contributed by atoms with van der Waals surface area (Å²) < 4.78 is 25.5. The van der Waals surface area contributed by atoms with Gasteiger partial charge in [-0.3, -0.25) is 0 Å². The van der Waals surface area contributed by atoms with Crippen LogP contribution in [0.15, 0.2) is 35.5 Å². The SMILES string of the molecule is C=C1[C@H](O)CC(=C/C=C2\CCC[C@]3(C)[C@@H]([C@@H](C)CN4CCC(CC(F)F)CC4)CC[C@@H]23)C[C@H]1O. The van der Waals surface area contributed by atoms with Gasteiger partial charge in [-0.15, -0.1) is 0 Å². The van der Waals surface area contributed by atoms with Gasteiger partial charge in [-0.25, -0.2) is 8.78 Å². The van der Waals surface area contributed by atoms with Crippen molar-refractivity contribution < 1.29 is 19.0 Å². The second-order valence-electron chi connectivity index (χ2n) is 12.0. The topological polar surface area (TPSA) is 43.7 Å². The maximum atomic E-state index is 12.7. The summed E-state index contributed by atoms with van der Waals surface area (Å²) in [5.41, 5.74) is 3.54. The number of halogens is 2. The Morgan fingerprint density at radius 1 is 1.09 bits per heavy atom. The summed E-state index contributed by atoms with van der Waals surface area (Å²) in [4.78, 5) is 2.53. The van der Waals surface area contributed by atoms with Gasteiger partial charge in [0, 0.05) is 13.0 Å². The van der Waals surface area contributed by atoms with Gasteiger partial charge >= 0.3 is 0 Å². The van der Waals surface area contributed by atoms with Gasteiger partial charge in [0.15, 0.2) is 0 Å². The Hall–Kier alpha value is -1.04. The molecule has 4 fully saturated rings. The van der Waals surface area contributed by atoms with Crippen LogP contribution >= 0.6 is 0 Å². The minimum Gasteiger partial charge on any atom is -0.388 e. The first kappa shape index (κ1) is 26.0. The number of hydrogen-bond acceptors (Lipinski definition) is 3. The largest absolute Gasteiger partial charge is 0.388 e. The van der Waals surface area contributed by atoms with Gasteiger partial charge in [-0.05, 0) is 106 Å². The van der Waals surface area contributed by atoms with Crippen molar-refractivity contribution in [3.63, 3.8) is 0 Å². The van der Waals surface area contributed by atoms with Gasteiger partial charge in [-0.2, -0.15) is 0 Å². The van der Waals surface area contributed by atoms with Crippen molar-refractivity contribution in [3.8, 4) is 0 Å². The molecule has 3 saturated carbocycles. The van der Waals surface area contributed by atoms with Crippen LogP contribution in [0.5, 0.6) is 0 Å². The lowest BCUT2D eigenvalue weighted by Gasteiger charge is -2.45. The molecule has 4 rings (SSSR count). The zero-order chi connectivity index (χ0) is 24.5. The van der Waals surface area contributed by atoms with Gasteiger partial charge in [0.05, 0.1) is 12.2 Å². The quantitative estimate of drug-likeness (QED) is 0.452. The maximum absolute atomic E-state index is 12.7. The van der Waals surface area contributed by atoms with E-state index in [1.807, 2.05) is 0 Å². The summed E-state index contributed by atoms with van der Waals surface area (Å²) in [6.07, 6.45) is 10.3. The predicted molar refractivity (Wildman–Crippen MR) is 134 cm³/mol. The Balaban J connectivity index is 1.37. The van der Waals surface area contributed by atoms with E-state index >= 15 is 0 Å². The summed E-state index contributed by atoms with van der Waals surface area (Å²) in [6.45, 7) is 11.8. The summed E-state index contributed by atoms with van der Waals surface area (Å²) in [7, 11) is 0. The molecule has 0 aromatic rings. The first-order valence-corrected chi connectivity index (χ1v) is 13.6. The van der Waals surface area contributed by atoms with Crippen LogP contribution < -0.4 is 0 Å². The average Bonchev–Trinajstić information content (AvgIpc) is 3.14. The first-order chi connectivity index (χ1) is 16.2. The lowest BCUT2D eigenvalue weighted by atomic mass is 9.61. The van der Waals surface area contributed by atoms with Crippen LogP contribution in [0.25, 0.3) is 0 Å². The Kier molecular flexibility index (Phi) is 8.36. The molecule has 2 N–H and O–H groups in total. The minimum absolute atomic E-state index is 0.0731. The molecule has 0 unspecified atom stereocenters. The van der Waals surface area contributed by atoms with E-state index in [0.29, 0.717) is 41.6 Å². The molecule has 1 saturated heterocycles. The number of piperidine rings is 1. The lowest BCUT2D eigenvalue weighted by molar-refractivity contribution is 0.0566. The molecule has 34 heavy (non-hydrogen) atoms. The average molecular weight is 478 g/mol. The number of nitrogens with zero attached hydrogens (tertiary/aromatic N) is 1. The molecule has 6 atom stereocenters. The summed E-state index contributed by atoms with van der Waals surface area (Å²) in [5.74, 6) is 2.14. The van der Waals surface area contributed by atoms with Crippen molar-refractivity contribution in [2.75, 3.05) is 19.6 Å². The Morgan fingerprint density at radius 2 is 1.76 bits per heavy atom. The molecule has 4 aliphatic rings. The third-order valence-electron chi connectivity index (χ3n) is 9.79. The summed E-state index contributed by atoms with van der Waals surface area (Å²) in [6, 6.07) is 0. The zero-order valence-electron chi connectivity index (χ0n) is 21.2. The lowest BCUT2D eigenvalue weighted by Crippen LogP contribution is -2.42. The van der Waals surface area contributed by atoms with Crippen molar-refractivity contribution >= 4 is 0 Å². The monoisotopic (exact) mass is 477 g/mol. The smallest absolute Gasteiger partial charge is 0.238 e. The number of aliphatic hydroxyl groups excluding tert-OH is 2. The van der Waals surface area contributed by atoms with Crippen LogP contribution in [-0.4, -0.2) is 53.4 Å². The Morgan fingerprint density at radius 3 is 2.41 bits per heavy atom. The van der Waals surface area contributed by atoms with E-state index in [4.69, 9.17) is 0 Å². The number of alkyl halides is 2. The minimum atomic E-state index is -2.16. The van der Waals surface area contributed by atoms with Crippen molar-refractivity contribution in [1.29, 1.82) is 0 Å². The fourth-order valence-corrected chi connectivity index (χ4v) is 7.83. The third-order valence-corrected chi connectivity index (χ3v) is 9.79. The highest BCUT2D eigenvalue weighted by Gasteiger charge is 2.50. The molecule has 0 spiro atoms. The van der Waals surface area contributed by atoms with E-state index in [9.17, 15) is 19.0 Å². The fraction of sp³-hybridized carbons (Fsp3) is 0.793. The fourth-order valence-electron chi connectivity index (χ4n) is 7.83. The van der Waals surface area contributed by atoms with E-state index in [2.05, 4.69) is 37.5 Å². The number of aliphatic hydroxyl groups is 2. The van der Waals surface area contributed by atoms with Gasteiger partial charge in [-0.1, -0.05) is 43.7 Å². The molecule has 3 aliphatic carbocycles. The molecular formula is C29H45F2NO2. The first-order valence-electron chi connectivity index (χ1n) is 13.6. The number of allylic oxidation sites excluding steroid dienone is 3. The van der Waals surface area contributed by atoms with Crippen LogP contribution in [0.1, 0.15) is 78.1 Å². The molecule has 1 heterocycles. The van der Waals surface area contributed by atoms with Crippen LogP contribution in [0.3, 0.4) is 0 Å². The van der Waals surface area contributed by atoms with Crippen molar-refractivity contribution in [2.45, 2.75) is 96.7 Å². The predicted octanol–water partition coefficient (Wildman–Crippen LogP) is 6.13. The van der Waals surface area contributed by atoms with Gasteiger partial charge in [0.25, 0.3) is 0 Å². The normalized spacial score (nSPS) is 37.9. The molecule has 5 heteroatoms. The van der Waals surface area contributed by atoms with Crippen molar-refractivity contribution in [3.05, 3.63) is 35.5 Å². The third kappa shape index (κ3) is 5.68. The maximum Gasteiger partial charge on any atom is 0.238 e. The molecule has 0 aromatic carbocycles. The molecule has 0 aromatic heterocycles. The zero-order valence-corrected chi connectivity index (χ0v) is 21.2. The number of rotatable bonds is 6. The van der Waals surface area contributed by atoms with Crippen molar-refractivity contribution in [2.24, 2.45) is 29.1 Å². The highest BCUT2D eigenvalue weighted by Crippen LogP contribution is 2.59. The summed E-state index contributed by atoms with van der Waals surface area (Å²) in [5, 5.41) is 20.3. The highest BCUT2D eigenvalue weighted by molar-refractivity contribution is 5.29. The van der Waals surface area contributed by atoms with Crippen LogP contribution in [0.4, 0.5) is 8.78 Å². The van der Waals surface area contributed by atoms with Crippen LogP contribution in [-0.2, 0) is 0 Å². The summed E-state index contributed by atoms with van der Waals surface area (Å²) >= 11 is 0. The molecule has 0 amide bonds. The number of fused-ring (bicyclic) bond motifs is 1. The molecule has 0 radical (unpaired) electrons. The van der Waals surface area contributed by atoms with Crippen LogP contribution in [0, 0.1) is 29.1 Å². The second-order valence-corrected chi connectivity index (χ2v) is 12.0. The molecule has 3 nitrogen and oxygen atoms in total. The van der Waals surface area contributed by atoms with Gasteiger partial charge in [0.2, 0.25) is 6.43 Å². The Bertz CT molecular complexity index is 769. The standard InChI is InChI=1S/C29H45F2NO2/c1-19(18-32-13-10-21(11-14-32)17-28(30)31)24-8-9-25-23(5-4-12-29(24,25)3)7-6-22-15-26(33)20(2)27(34)16-22/h6-7,19,21,24-28,33-34H,2,4-5,8-18H2,1,3H3/b23-7+/t19-,24+,25-,26+,27+,29+/m0/s1. The number of likely N-dealkylation sites (tertiary alicyclic amines) is 1. The molecular weight excluding hydrogens is 432 g/mol. The number of hydrogen-bond donors (Lipinski definition) is 2. The van der Waals surface area contributed by atoms with Gasteiger partial charge < -0.3 is 15.1 Å². The second kappa shape index (κ2) is 10.9. The van der Waals surface area contributed by atoms with E-state index in [0.717, 1.165) is 44.5 Å². The van der Waals surface area contributed by atoms with E-state index in [1.165, 1.54) is 25.7 Å². The Labute approximate surface area is 205 Å². The molecule has 192 valence electrons. The van der Waals surface area contributed by atoms with Crippen LogP contribution in [0.2, 0.25) is 0 Å². The van der Waals surface area contributed by atoms with E-state index in [1.54, 1.807) is 5.57 Å². The van der Waals surface area contributed by atoms with Crippen molar-refractivity contribution in [1.82, 2.24) is 4.90 Å².